The van der Waals surface area contributed by atoms with Gasteiger partial charge in [0.15, 0.2) is 0 Å². The van der Waals surface area contributed by atoms with Crippen LogP contribution in [0.15, 0.2) is 12.3 Å². The minimum absolute atomic E-state index is 0.00581. The molecule has 126 valence electrons. The monoisotopic (exact) mass is 318 g/mol. The Morgan fingerprint density at radius 1 is 1.35 bits per heavy atom. The van der Waals surface area contributed by atoms with Gasteiger partial charge in [0, 0.05) is 31.8 Å². The van der Waals surface area contributed by atoms with Gasteiger partial charge in [-0.15, -0.1) is 0 Å². The Morgan fingerprint density at radius 2 is 2.09 bits per heavy atom. The molecule has 1 amide bonds. The van der Waals surface area contributed by atoms with Crippen LogP contribution >= 0.6 is 0 Å². The summed E-state index contributed by atoms with van der Waals surface area (Å²) in [7, 11) is 0. The largest absolute Gasteiger partial charge is 0.377 e. The lowest BCUT2D eigenvalue weighted by Crippen LogP contribution is -2.42. The van der Waals surface area contributed by atoms with E-state index in [0.29, 0.717) is 18.4 Å². The predicted octanol–water partition coefficient (Wildman–Crippen LogP) is 1.71. The van der Waals surface area contributed by atoms with Gasteiger partial charge in [-0.05, 0) is 31.2 Å². The first-order valence-corrected chi connectivity index (χ1v) is 8.55. The van der Waals surface area contributed by atoms with E-state index >= 15 is 0 Å². The predicted molar refractivity (Wildman–Crippen MR) is 88.1 cm³/mol. The molecule has 6 heteroatoms. The molecule has 1 aromatic rings. The number of carbonyl (C=O) groups is 1. The third kappa shape index (κ3) is 3.47. The number of hydrogen-bond acceptors (Lipinski definition) is 5. The van der Waals surface area contributed by atoms with Gasteiger partial charge in [0.1, 0.15) is 11.6 Å². The number of primary amides is 1. The average Bonchev–Trinajstić information content (AvgIpc) is 3.05. The molecule has 6 nitrogen and oxygen atoms in total. The second-order valence-electron chi connectivity index (χ2n) is 6.89. The van der Waals surface area contributed by atoms with Gasteiger partial charge in [-0.1, -0.05) is 13.8 Å². The Morgan fingerprint density at radius 3 is 2.74 bits per heavy atom. The fraction of sp³-hybridized carbons (Fsp3) is 0.706. The standard InChI is InChI=1S/C17H26N4O2/c1-11(2)17-19-7-3-14(20-17)21-8-4-12(5-9-21)15-13(16(18)22)6-10-23-15/h3,7,11-13,15H,4-6,8-10H2,1-2H3,(H2,18,22)/t13-,15+/m0/s1. The van der Waals surface area contributed by atoms with Gasteiger partial charge in [0.25, 0.3) is 0 Å². The smallest absolute Gasteiger partial charge is 0.223 e. The van der Waals surface area contributed by atoms with Gasteiger partial charge >= 0.3 is 0 Å². The van der Waals surface area contributed by atoms with Gasteiger partial charge in [0.05, 0.1) is 12.0 Å². The number of ether oxygens (including phenoxy) is 1. The zero-order valence-electron chi connectivity index (χ0n) is 13.9. The van der Waals surface area contributed by atoms with Crippen molar-refractivity contribution >= 4 is 11.7 Å². The normalized spacial score (nSPS) is 26.0. The second-order valence-corrected chi connectivity index (χ2v) is 6.89. The molecule has 23 heavy (non-hydrogen) atoms. The number of piperidine rings is 1. The third-order valence-electron chi connectivity index (χ3n) is 5.01. The van der Waals surface area contributed by atoms with Gasteiger partial charge in [-0.3, -0.25) is 4.79 Å². The molecule has 0 unspecified atom stereocenters. The molecule has 2 atom stereocenters. The molecular formula is C17H26N4O2. The Hall–Kier alpha value is -1.69. The fourth-order valence-corrected chi connectivity index (χ4v) is 3.66. The van der Waals surface area contributed by atoms with Crippen LogP contribution < -0.4 is 10.6 Å². The van der Waals surface area contributed by atoms with Crippen LogP contribution in [-0.4, -0.2) is 41.7 Å². The molecule has 2 aliphatic rings. The van der Waals surface area contributed by atoms with Crippen molar-refractivity contribution in [3.8, 4) is 0 Å². The van der Waals surface area contributed by atoms with Crippen LogP contribution in [0.3, 0.4) is 0 Å². The highest BCUT2D eigenvalue weighted by atomic mass is 16.5. The van der Waals surface area contributed by atoms with Crippen molar-refractivity contribution in [3.05, 3.63) is 18.1 Å². The summed E-state index contributed by atoms with van der Waals surface area (Å²) in [6.07, 6.45) is 4.63. The highest BCUT2D eigenvalue weighted by molar-refractivity contribution is 5.77. The van der Waals surface area contributed by atoms with E-state index in [0.717, 1.165) is 44.0 Å². The van der Waals surface area contributed by atoms with Crippen molar-refractivity contribution in [2.45, 2.75) is 45.1 Å². The fourth-order valence-electron chi connectivity index (χ4n) is 3.66. The molecule has 0 radical (unpaired) electrons. The molecule has 1 aromatic heterocycles. The Bertz CT molecular complexity index is 555. The van der Waals surface area contributed by atoms with E-state index in [4.69, 9.17) is 10.5 Å². The topological polar surface area (TPSA) is 81.3 Å². The molecule has 2 fully saturated rings. The van der Waals surface area contributed by atoms with E-state index in [1.807, 2.05) is 12.3 Å². The van der Waals surface area contributed by atoms with Crippen LogP contribution in [-0.2, 0) is 9.53 Å². The lowest BCUT2D eigenvalue weighted by Gasteiger charge is -2.36. The maximum absolute atomic E-state index is 11.6. The maximum Gasteiger partial charge on any atom is 0.223 e. The van der Waals surface area contributed by atoms with Crippen molar-refractivity contribution < 1.29 is 9.53 Å². The van der Waals surface area contributed by atoms with Crippen LogP contribution in [0, 0.1) is 11.8 Å². The van der Waals surface area contributed by atoms with Crippen LogP contribution in [0.5, 0.6) is 0 Å². The maximum atomic E-state index is 11.6. The molecular weight excluding hydrogens is 292 g/mol. The molecule has 0 bridgehead atoms. The van der Waals surface area contributed by atoms with E-state index in [2.05, 4.69) is 28.7 Å². The number of amides is 1. The van der Waals surface area contributed by atoms with E-state index in [-0.39, 0.29) is 17.9 Å². The van der Waals surface area contributed by atoms with E-state index in [1.54, 1.807) is 0 Å². The molecule has 2 aliphatic heterocycles. The summed E-state index contributed by atoms with van der Waals surface area (Å²) in [5, 5.41) is 0. The van der Waals surface area contributed by atoms with Crippen molar-refractivity contribution in [2.75, 3.05) is 24.6 Å². The van der Waals surface area contributed by atoms with Crippen molar-refractivity contribution in [1.29, 1.82) is 0 Å². The minimum atomic E-state index is -0.215. The molecule has 2 saturated heterocycles. The Kier molecular flexibility index (Phi) is 4.80. The van der Waals surface area contributed by atoms with E-state index in [9.17, 15) is 4.79 Å². The summed E-state index contributed by atoms with van der Waals surface area (Å²) in [4.78, 5) is 22.9. The molecule has 3 rings (SSSR count). The van der Waals surface area contributed by atoms with Crippen LogP contribution in [0.1, 0.15) is 44.9 Å². The number of hydrogen-bond donors (Lipinski definition) is 1. The van der Waals surface area contributed by atoms with Gasteiger partial charge in [-0.25, -0.2) is 9.97 Å². The molecule has 2 N–H and O–H groups in total. The summed E-state index contributed by atoms with van der Waals surface area (Å²) >= 11 is 0. The number of nitrogens with zero attached hydrogens (tertiary/aromatic N) is 3. The summed E-state index contributed by atoms with van der Waals surface area (Å²) in [5.41, 5.74) is 5.51. The quantitative estimate of drug-likeness (QED) is 0.914. The second kappa shape index (κ2) is 6.83. The van der Waals surface area contributed by atoms with Crippen molar-refractivity contribution in [2.24, 2.45) is 17.6 Å². The molecule has 0 aliphatic carbocycles. The zero-order valence-corrected chi connectivity index (χ0v) is 13.9. The minimum Gasteiger partial charge on any atom is -0.377 e. The highest BCUT2D eigenvalue weighted by Gasteiger charge is 2.39. The van der Waals surface area contributed by atoms with Gasteiger partial charge < -0.3 is 15.4 Å². The van der Waals surface area contributed by atoms with Crippen LogP contribution in [0.4, 0.5) is 5.82 Å². The summed E-state index contributed by atoms with van der Waals surface area (Å²) < 4.78 is 5.81. The van der Waals surface area contributed by atoms with Crippen LogP contribution in [0.25, 0.3) is 0 Å². The van der Waals surface area contributed by atoms with E-state index < -0.39 is 0 Å². The van der Waals surface area contributed by atoms with Gasteiger partial charge in [-0.2, -0.15) is 0 Å². The molecule has 3 heterocycles. The molecule has 0 saturated carbocycles. The van der Waals surface area contributed by atoms with Crippen molar-refractivity contribution in [1.82, 2.24) is 9.97 Å². The Balaban J connectivity index is 1.62. The molecule has 0 spiro atoms. The Labute approximate surface area is 137 Å². The highest BCUT2D eigenvalue weighted by Crippen LogP contribution is 2.33. The lowest BCUT2D eigenvalue weighted by molar-refractivity contribution is -0.124. The van der Waals surface area contributed by atoms with Gasteiger partial charge in [0.2, 0.25) is 5.91 Å². The zero-order chi connectivity index (χ0) is 16.4. The summed E-state index contributed by atoms with van der Waals surface area (Å²) in [6.45, 7) is 6.73. The first-order chi connectivity index (χ1) is 11.1. The third-order valence-corrected chi connectivity index (χ3v) is 5.01. The van der Waals surface area contributed by atoms with Crippen LogP contribution in [0.2, 0.25) is 0 Å². The number of aromatic nitrogens is 2. The number of rotatable bonds is 4. The van der Waals surface area contributed by atoms with E-state index in [1.165, 1.54) is 0 Å². The van der Waals surface area contributed by atoms with Crippen molar-refractivity contribution in [3.63, 3.8) is 0 Å². The lowest BCUT2D eigenvalue weighted by atomic mass is 9.84. The first-order valence-electron chi connectivity index (χ1n) is 8.55. The number of nitrogens with two attached hydrogens (primary N) is 1. The average molecular weight is 318 g/mol. The number of carbonyl (C=O) groups excluding carboxylic acids is 1. The summed E-state index contributed by atoms with van der Waals surface area (Å²) in [6, 6.07) is 1.98. The number of anilines is 1. The molecule has 0 aromatic carbocycles. The SMILES string of the molecule is CC(C)c1nccc(N2CCC([C@H]3OCC[C@@H]3C(N)=O)CC2)n1. The summed E-state index contributed by atoms with van der Waals surface area (Å²) in [5.74, 6) is 2.30. The first kappa shape index (κ1) is 16.2.